The fourth-order valence-corrected chi connectivity index (χ4v) is 2.73. The summed E-state index contributed by atoms with van der Waals surface area (Å²) in [5, 5.41) is 12.3. The zero-order chi connectivity index (χ0) is 12.8. The molecule has 0 saturated carbocycles. The van der Waals surface area contributed by atoms with Crippen LogP contribution in [0.25, 0.3) is 0 Å². The van der Waals surface area contributed by atoms with E-state index in [1.54, 1.807) is 6.92 Å². The molecular formula is C11H23NO3Si. The van der Waals surface area contributed by atoms with Crippen molar-refractivity contribution in [2.75, 3.05) is 0 Å². The van der Waals surface area contributed by atoms with Gasteiger partial charge in [-0.15, -0.1) is 0 Å². The van der Waals surface area contributed by atoms with E-state index in [9.17, 15) is 9.90 Å². The predicted octanol–water partition coefficient (Wildman–Crippen LogP) is 1.61. The van der Waals surface area contributed by atoms with Crippen molar-refractivity contribution < 1.29 is 14.3 Å². The van der Waals surface area contributed by atoms with Gasteiger partial charge in [0.2, 0.25) is 5.91 Å². The molecule has 1 fully saturated rings. The molecule has 0 aromatic heterocycles. The van der Waals surface area contributed by atoms with Gasteiger partial charge in [-0.25, -0.2) is 0 Å². The van der Waals surface area contributed by atoms with Crippen LogP contribution < -0.4 is 5.32 Å². The first-order chi connectivity index (χ1) is 6.95. The second kappa shape index (κ2) is 3.82. The van der Waals surface area contributed by atoms with Crippen LogP contribution in [0.1, 0.15) is 34.1 Å². The summed E-state index contributed by atoms with van der Waals surface area (Å²) in [6, 6.07) is 0. The van der Waals surface area contributed by atoms with Crippen molar-refractivity contribution in [1.29, 1.82) is 0 Å². The van der Waals surface area contributed by atoms with Gasteiger partial charge in [0.25, 0.3) is 0 Å². The average Bonchev–Trinajstić information content (AvgIpc) is 2.20. The third-order valence-corrected chi connectivity index (χ3v) is 8.00. The van der Waals surface area contributed by atoms with Crippen LogP contribution in [0.15, 0.2) is 0 Å². The summed E-state index contributed by atoms with van der Waals surface area (Å²) in [6.07, 6.45) is -0.172. The highest BCUT2D eigenvalue weighted by Crippen LogP contribution is 2.38. The first-order valence-electron chi connectivity index (χ1n) is 5.67. The highest BCUT2D eigenvalue weighted by molar-refractivity contribution is 6.74. The molecular weight excluding hydrogens is 222 g/mol. The SMILES string of the molecule is CC1(O)C[C@H](O[Si](C)(C)C(C)(C)C)C(=O)N1. The summed E-state index contributed by atoms with van der Waals surface area (Å²) in [5.41, 5.74) is -1.12. The Bertz CT molecular complexity index is 294. The van der Waals surface area contributed by atoms with E-state index in [2.05, 4.69) is 39.2 Å². The minimum atomic E-state index is -1.95. The van der Waals surface area contributed by atoms with Crippen LogP contribution >= 0.6 is 0 Å². The number of nitrogens with one attached hydrogen (secondary N) is 1. The summed E-state index contributed by atoms with van der Waals surface area (Å²) in [7, 11) is -1.95. The molecule has 0 bridgehead atoms. The van der Waals surface area contributed by atoms with Crippen LogP contribution in [0.5, 0.6) is 0 Å². The normalized spacial score (nSPS) is 31.7. The molecule has 1 saturated heterocycles. The van der Waals surface area contributed by atoms with Gasteiger partial charge in [-0.3, -0.25) is 4.79 Å². The number of carbonyl (C=O) groups excluding carboxylic acids is 1. The molecule has 0 aromatic carbocycles. The Labute approximate surface area is 98.5 Å². The van der Waals surface area contributed by atoms with Crippen molar-refractivity contribution in [2.45, 2.75) is 64.1 Å². The maximum absolute atomic E-state index is 11.6. The molecule has 1 aliphatic rings. The Kier molecular flexibility index (Phi) is 3.26. The highest BCUT2D eigenvalue weighted by Gasteiger charge is 2.46. The Morgan fingerprint density at radius 3 is 2.31 bits per heavy atom. The number of carbonyl (C=O) groups is 1. The largest absolute Gasteiger partial charge is 0.405 e. The van der Waals surface area contributed by atoms with Gasteiger partial charge in [0.1, 0.15) is 11.8 Å². The zero-order valence-corrected chi connectivity index (χ0v) is 12.0. The average molecular weight is 245 g/mol. The summed E-state index contributed by atoms with van der Waals surface area (Å²) in [6.45, 7) is 12.2. The van der Waals surface area contributed by atoms with Gasteiger partial charge in [0.15, 0.2) is 8.32 Å². The van der Waals surface area contributed by atoms with Gasteiger partial charge < -0.3 is 14.8 Å². The fourth-order valence-electron chi connectivity index (χ4n) is 1.48. The van der Waals surface area contributed by atoms with Crippen molar-refractivity contribution in [3.8, 4) is 0 Å². The standard InChI is InChI=1S/C11H23NO3Si/c1-10(2,3)16(5,6)15-8-7-11(4,14)12-9(8)13/h8,14H,7H2,1-6H3,(H,12,13)/t8-,11?/m0/s1. The molecule has 0 aromatic rings. The Morgan fingerprint density at radius 2 is 2.00 bits per heavy atom. The van der Waals surface area contributed by atoms with E-state index >= 15 is 0 Å². The van der Waals surface area contributed by atoms with Crippen LogP contribution in [0.2, 0.25) is 18.1 Å². The third kappa shape index (κ3) is 2.84. The Morgan fingerprint density at radius 1 is 1.50 bits per heavy atom. The molecule has 0 radical (unpaired) electrons. The highest BCUT2D eigenvalue weighted by atomic mass is 28.4. The summed E-state index contributed by atoms with van der Waals surface area (Å²) >= 11 is 0. The van der Waals surface area contributed by atoms with Crippen molar-refractivity contribution in [3.05, 3.63) is 0 Å². The number of hydrogen-bond donors (Lipinski definition) is 2. The molecule has 1 rings (SSSR count). The minimum Gasteiger partial charge on any atom is -0.405 e. The molecule has 0 spiro atoms. The van der Waals surface area contributed by atoms with Crippen LogP contribution in [0.4, 0.5) is 0 Å². The molecule has 2 N–H and O–H groups in total. The van der Waals surface area contributed by atoms with Gasteiger partial charge in [-0.2, -0.15) is 0 Å². The monoisotopic (exact) mass is 245 g/mol. The second-order valence-corrected chi connectivity index (χ2v) is 11.1. The van der Waals surface area contributed by atoms with Crippen LogP contribution in [0.3, 0.4) is 0 Å². The lowest BCUT2D eigenvalue weighted by Crippen LogP contribution is -2.45. The summed E-state index contributed by atoms with van der Waals surface area (Å²) in [4.78, 5) is 11.6. The third-order valence-electron chi connectivity index (χ3n) is 3.51. The fraction of sp³-hybridized carbons (Fsp3) is 0.909. The molecule has 16 heavy (non-hydrogen) atoms. The lowest BCUT2D eigenvalue weighted by Gasteiger charge is -2.37. The number of hydrogen-bond acceptors (Lipinski definition) is 3. The number of aliphatic hydroxyl groups is 1. The molecule has 2 atom stereocenters. The smallest absolute Gasteiger partial charge is 0.250 e. The maximum Gasteiger partial charge on any atom is 0.250 e. The Hall–Kier alpha value is -0.393. The van der Waals surface area contributed by atoms with E-state index in [1.807, 2.05) is 0 Å². The van der Waals surface area contributed by atoms with Gasteiger partial charge >= 0.3 is 0 Å². The molecule has 1 heterocycles. The molecule has 4 nitrogen and oxygen atoms in total. The molecule has 5 heteroatoms. The van der Waals surface area contributed by atoms with Gasteiger partial charge in [0, 0.05) is 6.42 Å². The van der Waals surface area contributed by atoms with Gasteiger partial charge in [0.05, 0.1) is 0 Å². The quantitative estimate of drug-likeness (QED) is 0.727. The Balaban J connectivity index is 2.73. The molecule has 1 unspecified atom stereocenters. The summed E-state index contributed by atoms with van der Waals surface area (Å²) < 4.78 is 5.98. The van der Waals surface area contributed by atoms with Crippen molar-refractivity contribution >= 4 is 14.2 Å². The first-order valence-corrected chi connectivity index (χ1v) is 8.58. The second-order valence-electron chi connectivity index (χ2n) is 6.33. The molecule has 1 amide bonds. The topological polar surface area (TPSA) is 58.6 Å². The van der Waals surface area contributed by atoms with E-state index in [1.165, 1.54) is 0 Å². The molecule has 1 aliphatic heterocycles. The van der Waals surface area contributed by atoms with E-state index in [-0.39, 0.29) is 10.9 Å². The lowest BCUT2D eigenvalue weighted by atomic mass is 10.2. The van der Waals surface area contributed by atoms with Crippen LogP contribution in [0, 0.1) is 0 Å². The van der Waals surface area contributed by atoms with E-state index in [4.69, 9.17) is 4.43 Å². The number of amides is 1. The zero-order valence-electron chi connectivity index (χ0n) is 11.0. The first kappa shape index (κ1) is 13.7. The predicted molar refractivity (Wildman–Crippen MR) is 65.5 cm³/mol. The maximum atomic E-state index is 11.6. The van der Waals surface area contributed by atoms with Gasteiger partial charge in [-0.1, -0.05) is 20.8 Å². The summed E-state index contributed by atoms with van der Waals surface area (Å²) in [5.74, 6) is -0.199. The van der Waals surface area contributed by atoms with Crippen molar-refractivity contribution in [1.82, 2.24) is 5.32 Å². The van der Waals surface area contributed by atoms with Crippen molar-refractivity contribution in [2.24, 2.45) is 0 Å². The van der Waals surface area contributed by atoms with Crippen molar-refractivity contribution in [3.63, 3.8) is 0 Å². The van der Waals surface area contributed by atoms with E-state index in [0.717, 1.165) is 0 Å². The lowest BCUT2D eigenvalue weighted by molar-refractivity contribution is -0.126. The number of rotatable bonds is 2. The van der Waals surface area contributed by atoms with Crippen LogP contribution in [-0.4, -0.2) is 31.2 Å². The molecule has 0 aliphatic carbocycles. The van der Waals surface area contributed by atoms with Gasteiger partial charge in [-0.05, 0) is 25.1 Å². The van der Waals surface area contributed by atoms with Crippen LogP contribution in [-0.2, 0) is 9.22 Å². The van der Waals surface area contributed by atoms with E-state index in [0.29, 0.717) is 6.42 Å². The minimum absolute atomic E-state index is 0.0712. The molecule has 94 valence electrons. The van der Waals surface area contributed by atoms with E-state index < -0.39 is 20.1 Å².